The van der Waals surface area contributed by atoms with E-state index in [0.29, 0.717) is 32.9 Å². The Balaban J connectivity index is 2.06. The maximum atomic E-state index is 13.2. The van der Waals surface area contributed by atoms with Gasteiger partial charge in [0.15, 0.2) is 5.65 Å². The Kier molecular flexibility index (Phi) is 6.12. The van der Waals surface area contributed by atoms with E-state index in [2.05, 4.69) is 10.4 Å². The topological polar surface area (TPSA) is 80.1 Å². The van der Waals surface area contributed by atoms with Gasteiger partial charge in [-0.15, -0.1) is 0 Å². The molecule has 0 atom stereocenters. The number of amides is 2. The minimum Gasteiger partial charge on any atom is -0.345 e. The van der Waals surface area contributed by atoms with Crippen LogP contribution in [0.5, 0.6) is 0 Å². The zero-order chi connectivity index (χ0) is 22.2. The number of hydrogen-bond acceptors (Lipinski definition) is 4. The Labute approximate surface area is 181 Å². The van der Waals surface area contributed by atoms with Crippen LogP contribution in [0.15, 0.2) is 30.5 Å². The van der Waals surface area contributed by atoms with Gasteiger partial charge in [-0.25, -0.2) is 9.67 Å². The van der Waals surface area contributed by atoms with Crippen molar-refractivity contribution in [2.24, 2.45) is 0 Å². The van der Waals surface area contributed by atoms with E-state index in [1.807, 2.05) is 27.7 Å². The van der Waals surface area contributed by atoms with Crippen molar-refractivity contribution in [3.05, 3.63) is 52.3 Å². The Morgan fingerprint density at radius 1 is 1.13 bits per heavy atom. The predicted molar refractivity (Wildman–Crippen MR) is 119 cm³/mol. The predicted octanol–water partition coefficient (Wildman–Crippen LogP) is 4.74. The molecule has 0 aliphatic carbocycles. The van der Waals surface area contributed by atoms with Crippen LogP contribution in [0.1, 0.15) is 66.1 Å². The summed E-state index contributed by atoms with van der Waals surface area (Å²) < 4.78 is 1.81. The summed E-state index contributed by atoms with van der Waals surface area (Å²) in [5.41, 5.74) is 2.76. The van der Waals surface area contributed by atoms with E-state index in [4.69, 9.17) is 16.6 Å². The second kappa shape index (κ2) is 8.44. The van der Waals surface area contributed by atoms with Gasteiger partial charge in [-0.05, 0) is 44.0 Å². The average molecular weight is 428 g/mol. The maximum absolute atomic E-state index is 13.2. The van der Waals surface area contributed by atoms with Crippen LogP contribution in [-0.2, 0) is 0 Å². The van der Waals surface area contributed by atoms with Crippen LogP contribution in [0.4, 0.5) is 5.69 Å². The third-order valence-corrected chi connectivity index (χ3v) is 5.11. The number of carbonyl (C=O) groups is 2. The van der Waals surface area contributed by atoms with Gasteiger partial charge >= 0.3 is 0 Å². The van der Waals surface area contributed by atoms with Crippen LogP contribution < -0.4 is 5.32 Å². The summed E-state index contributed by atoms with van der Waals surface area (Å²) in [5.74, 6) is -0.362. The fraction of sp³-hybridized carbons (Fsp3) is 0.364. The Morgan fingerprint density at radius 3 is 2.43 bits per heavy atom. The molecule has 0 aliphatic rings. The average Bonchev–Trinajstić information content (AvgIpc) is 3.12. The van der Waals surface area contributed by atoms with E-state index in [-0.39, 0.29) is 23.8 Å². The van der Waals surface area contributed by atoms with Crippen LogP contribution in [0.25, 0.3) is 11.0 Å². The van der Waals surface area contributed by atoms with Crippen LogP contribution >= 0.6 is 11.6 Å². The molecule has 30 heavy (non-hydrogen) atoms. The molecule has 2 aromatic heterocycles. The first-order chi connectivity index (χ1) is 14.1. The molecule has 1 N–H and O–H groups in total. The first-order valence-corrected chi connectivity index (χ1v) is 10.2. The van der Waals surface area contributed by atoms with Crippen molar-refractivity contribution in [2.75, 3.05) is 19.4 Å². The molecule has 2 heterocycles. The Bertz CT molecular complexity index is 1120. The van der Waals surface area contributed by atoms with E-state index in [0.717, 1.165) is 5.69 Å². The van der Waals surface area contributed by atoms with Gasteiger partial charge in [0.2, 0.25) is 0 Å². The first kappa shape index (κ1) is 21.8. The van der Waals surface area contributed by atoms with Crippen molar-refractivity contribution >= 4 is 40.1 Å². The lowest BCUT2D eigenvalue weighted by Gasteiger charge is -2.14. The first-order valence-electron chi connectivity index (χ1n) is 9.80. The highest BCUT2D eigenvalue weighted by Gasteiger charge is 2.20. The Morgan fingerprint density at radius 2 is 1.83 bits per heavy atom. The number of halogens is 1. The van der Waals surface area contributed by atoms with Gasteiger partial charge in [0.1, 0.15) is 0 Å². The minimum absolute atomic E-state index is 0.108. The van der Waals surface area contributed by atoms with Gasteiger partial charge in [0, 0.05) is 31.4 Å². The molecule has 158 valence electrons. The maximum Gasteiger partial charge on any atom is 0.256 e. The lowest BCUT2D eigenvalue weighted by molar-refractivity contribution is 0.0827. The molecule has 2 amide bonds. The number of benzene rings is 1. The zero-order valence-corrected chi connectivity index (χ0v) is 18.8. The molecule has 0 aliphatic heterocycles. The normalized spacial score (nSPS) is 11.4. The molecule has 0 bridgehead atoms. The Hall–Kier alpha value is -2.93. The molecule has 8 heteroatoms. The minimum atomic E-state index is -0.330. The summed E-state index contributed by atoms with van der Waals surface area (Å²) in [7, 11) is 3.34. The van der Waals surface area contributed by atoms with Gasteiger partial charge in [0.05, 0.1) is 27.9 Å². The number of hydrogen-bond donors (Lipinski definition) is 1. The van der Waals surface area contributed by atoms with Crippen molar-refractivity contribution in [1.29, 1.82) is 0 Å². The van der Waals surface area contributed by atoms with Crippen LogP contribution in [-0.4, -0.2) is 45.6 Å². The van der Waals surface area contributed by atoms with Crippen LogP contribution in [0.2, 0.25) is 5.02 Å². The summed E-state index contributed by atoms with van der Waals surface area (Å²) in [6, 6.07) is 6.72. The third kappa shape index (κ3) is 4.16. The number of carbonyl (C=O) groups excluding carboxylic acids is 2. The number of fused-ring (bicyclic) bond motifs is 1. The van der Waals surface area contributed by atoms with Gasteiger partial charge in [-0.1, -0.05) is 25.4 Å². The number of anilines is 1. The summed E-state index contributed by atoms with van der Waals surface area (Å²) in [4.78, 5) is 31.7. The number of rotatable bonds is 5. The van der Waals surface area contributed by atoms with Crippen LogP contribution in [0, 0.1) is 0 Å². The van der Waals surface area contributed by atoms with E-state index >= 15 is 0 Å². The summed E-state index contributed by atoms with van der Waals surface area (Å²) in [6.45, 7) is 8.09. The smallest absolute Gasteiger partial charge is 0.256 e. The van der Waals surface area contributed by atoms with Crippen molar-refractivity contribution in [3.8, 4) is 0 Å². The van der Waals surface area contributed by atoms with E-state index < -0.39 is 0 Å². The van der Waals surface area contributed by atoms with Crippen molar-refractivity contribution in [1.82, 2.24) is 19.7 Å². The quantitative estimate of drug-likeness (QED) is 0.637. The van der Waals surface area contributed by atoms with Crippen molar-refractivity contribution < 1.29 is 9.59 Å². The third-order valence-electron chi connectivity index (χ3n) is 4.78. The van der Waals surface area contributed by atoms with Gasteiger partial charge in [-0.2, -0.15) is 5.10 Å². The highest BCUT2D eigenvalue weighted by Crippen LogP contribution is 2.28. The molecule has 0 fully saturated rings. The highest BCUT2D eigenvalue weighted by atomic mass is 35.5. The lowest BCUT2D eigenvalue weighted by Crippen LogP contribution is -2.22. The second-order valence-corrected chi connectivity index (χ2v) is 8.43. The molecule has 1 aromatic carbocycles. The van der Waals surface area contributed by atoms with Crippen LogP contribution in [0.3, 0.4) is 0 Å². The molecule has 7 nitrogen and oxygen atoms in total. The molecule has 0 spiro atoms. The molecule has 3 aromatic rings. The summed E-state index contributed by atoms with van der Waals surface area (Å²) >= 11 is 6.29. The van der Waals surface area contributed by atoms with Gasteiger partial charge in [-0.3, -0.25) is 9.59 Å². The van der Waals surface area contributed by atoms with Gasteiger partial charge in [0.25, 0.3) is 11.8 Å². The monoisotopic (exact) mass is 427 g/mol. The summed E-state index contributed by atoms with van der Waals surface area (Å²) in [6.07, 6.45) is 1.66. The standard InChI is InChI=1S/C22H26ClN5O2/c1-12(2)18-10-15(16-11-24-28(13(3)4)20(16)25-18)21(29)26-19-9-14(7-8-17(19)23)22(30)27(5)6/h7-13H,1-6H3,(H,26,29). The van der Waals surface area contributed by atoms with Crippen molar-refractivity contribution in [3.63, 3.8) is 0 Å². The van der Waals surface area contributed by atoms with Crippen molar-refractivity contribution in [2.45, 2.75) is 39.7 Å². The largest absolute Gasteiger partial charge is 0.345 e. The number of nitrogens with one attached hydrogen (secondary N) is 1. The number of aromatic nitrogens is 3. The van der Waals surface area contributed by atoms with E-state index in [1.54, 1.807) is 49.2 Å². The molecule has 0 radical (unpaired) electrons. The molecule has 3 rings (SSSR count). The van der Waals surface area contributed by atoms with E-state index in [9.17, 15) is 9.59 Å². The lowest BCUT2D eigenvalue weighted by atomic mass is 10.0. The fourth-order valence-corrected chi connectivity index (χ4v) is 3.27. The molecule has 0 saturated carbocycles. The zero-order valence-electron chi connectivity index (χ0n) is 18.0. The fourth-order valence-electron chi connectivity index (χ4n) is 3.10. The van der Waals surface area contributed by atoms with Gasteiger partial charge < -0.3 is 10.2 Å². The number of pyridine rings is 1. The molecule has 0 unspecified atom stereocenters. The molecular formula is C22H26ClN5O2. The SMILES string of the molecule is CC(C)c1cc(C(=O)Nc2cc(C(=O)N(C)C)ccc2Cl)c2cnn(C(C)C)c2n1. The number of nitrogens with zero attached hydrogens (tertiary/aromatic N) is 4. The summed E-state index contributed by atoms with van der Waals surface area (Å²) in [5, 5.41) is 8.29. The highest BCUT2D eigenvalue weighted by molar-refractivity contribution is 6.34. The van der Waals surface area contributed by atoms with E-state index in [1.165, 1.54) is 4.90 Å². The second-order valence-electron chi connectivity index (χ2n) is 8.02. The molecule has 0 saturated heterocycles. The molecular weight excluding hydrogens is 402 g/mol.